The number of fused-ring (bicyclic) bond motifs is 3. The Morgan fingerprint density at radius 2 is 2.00 bits per heavy atom. The van der Waals surface area contributed by atoms with E-state index in [1.165, 1.54) is 0 Å². The van der Waals surface area contributed by atoms with E-state index in [0.717, 1.165) is 21.9 Å². The van der Waals surface area contributed by atoms with Gasteiger partial charge in [0.05, 0.1) is 17.6 Å². The Labute approximate surface area is 93.1 Å². The van der Waals surface area contributed by atoms with Gasteiger partial charge in [0.15, 0.2) is 0 Å². The third-order valence-corrected chi connectivity index (χ3v) is 2.61. The summed E-state index contributed by atoms with van der Waals surface area (Å²) in [4.78, 5) is 7.83. The molecule has 0 aliphatic rings. The molecule has 1 aromatic carbocycles. The lowest BCUT2D eigenvalue weighted by molar-refractivity contribution is 0.328. The fourth-order valence-corrected chi connectivity index (χ4v) is 1.92. The highest BCUT2D eigenvalue weighted by Crippen LogP contribution is 2.25. The van der Waals surface area contributed by atoms with Gasteiger partial charge in [-0.1, -0.05) is 18.2 Å². The summed E-state index contributed by atoms with van der Waals surface area (Å²) < 4.78 is 5.41. The molecular weight excluding hydrogens is 200 g/mol. The van der Waals surface area contributed by atoms with Gasteiger partial charge >= 0.3 is 0 Å². The average molecular weight is 212 g/mol. The van der Waals surface area contributed by atoms with Crippen molar-refractivity contribution in [2.45, 2.75) is 6.92 Å². The number of benzene rings is 1. The molecular formula is C13H12N2O. The van der Waals surface area contributed by atoms with Crippen LogP contribution in [0.5, 0.6) is 5.88 Å². The van der Waals surface area contributed by atoms with Crippen LogP contribution in [0.4, 0.5) is 0 Å². The lowest BCUT2D eigenvalue weighted by Crippen LogP contribution is -1.93. The Bertz CT molecular complexity index is 643. The molecule has 3 nitrogen and oxygen atoms in total. The van der Waals surface area contributed by atoms with Crippen molar-refractivity contribution in [2.75, 3.05) is 6.61 Å². The van der Waals surface area contributed by atoms with E-state index in [1.54, 1.807) is 0 Å². The van der Waals surface area contributed by atoms with Crippen LogP contribution in [0.25, 0.3) is 21.9 Å². The molecule has 2 heterocycles. The van der Waals surface area contributed by atoms with Crippen LogP contribution in [-0.2, 0) is 0 Å². The molecule has 0 unspecified atom stereocenters. The first-order valence-electron chi connectivity index (χ1n) is 5.39. The van der Waals surface area contributed by atoms with Gasteiger partial charge < -0.3 is 9.72 Å². The molecule has 3 aromatic rings. The number of nitrogens with zero attached hydrogens (tertiary/aromatic N) is 1. The number of aromatic amines is 1. The molecule has 80 valence electrons. The number of rotatable bonds is 2. The number of pyridine rings is 1. The molecule has 0 radical (unpaired) electrons. The zero-order chi connectivity index (χ0) is 11.0. The van der Waals surface area contributed by atoms with E-state index in [9.17, 15) is 0 Å². The van der Waals surface area contributed by atoms with Crippen molar-refractivity contribution in [3.8, 4) is 5.88 Å². The molecule has 0 fully saturated rings. The maximum atomic E-state index is 5.41. The molecule has 0 aliphatic carbocycles. The van der Waals surface area contributed by atoms with Crippen molar-refractivity contribution in [3.63, 3.8) is 0 Å². The normalized spacial score (nSPS) is 11.1. The van der Waals surface area contributed by atoms with Gasteiger partial charge in [0.2, 0.25) is 5.88 Å². The van der Waals surface area contributed by atoms with Crippen LogP contribution in [0.15, 0.2) is 36.4 Å². The van der Waals surface area contributed by atoms with Gasteiger partial charge in [0.25, 0.3) is 0 Å². The second kappa shape index (κ2) is 3.52. The summed E-state index contributed by atoms with van der Waals surface area (Å²) in [5, 5.41) is 1.14. The maximum absolute atomic E-state index is 5.41. The third-order valence-electron chi connectivity index (χ3n) is 2.61. The summed E-state index contributed by atoms with van der Waals surface area (Å²) in [5.74, 6) is 0.680. The predicted molar refractivity (Wildman–Crippen MR) is 64.8 cm³/mol. The van der Waals surface area contributed by atoms with Crippen molar-refractivity contribution in [3.05, 3.63) is 36.4 Å². The van der Waals surface area contributed by atoms with Crippen LogP contribution in [0.3, 0.4) is 0 Å². The minimum absolute atomic E-state index is 0.640. The smallest absolute Gasteiger partial charge is 0.213 e. The Kier molecular flexibility index (Phi) is 2.03. The summed E-state index contributed by atoms with van der Waals surface area (Å²) in [7, 11) is 0. The van der Waals surface area contributed by atoms with E-state index in [1.807, 2.05) is 31.2 Å². The predicted octanol–water partition coefficient (Wildman–Crippen LogP) is 3.11. The first kappa shape index (κ1) is 9.21. The molecule has 0 aliphatic heterocycles. The van der Waals surface area contributed by atoms with Gasteiger partial charge in [-0.15, -0.1) is 0 Å². The van der Waals surface area contributed by atoms with E-state index in [0.29, 0.717) is 12.5 Å². The average Bonchev–Trinajstić information content (AvgIpc) is 2.68. The lowest BCUT2D eigenvalue weighted by Gasteiger charge is -2.00. The number of hydrogen-bond donors (Lipinski definition) is 1. The number of hydrogen-bond acceptors (Lipinski definition) is 2. The Morgan fingerprint density at radius 3 is 2.88 bits per heavy atom. The second-order valence-electron chi connectivity index (χ2n) is 3.65. The summed E-state index contributed by atoms with van der Waals surface area (Å²) in [5.41, 5.74) is 3.13. The monoisotopic (exact) mass is 212 g/mol. The summed E-state index contributed by atoms with van der Waals surface area (Å²) >= 11 is 0. The van der Waals surface area contributed by atoms with E-state index in [4.69, 9.17) is 4.74 Å². The molecule has 0 atom stereocenters. The summed E-state index contributed by atoms with van der Waals surface area (Å²) in [6, 6.07) is 12.1. The molecule has 2 aromatic heterocycles. The molecule has 1 N–H and O–H groups in total. The molecule has 0 spiro atoms. The van der Waals surface area contributed by atoms with Crippen LogP contribution in [0.2, 0.25) is 0 Å². The van der Waals surface area contributed by atoms with Gasteiger partial charge in [-0.2, -0.15) is 0 Å². The van der Waals surface area contributed by atoms with Crippen molar-refractivity contribution in [2.24, 2.45) is 0 Å². The molecule has 0 amide bonds. The summed E-state index contributed by atoms with van der Waals surface area (Å²) in [6.45, 7) is 2.60. The molecule has 0 saturated heterocycles. The third kappa shape index (κ3) is 1.33. The standard InChI is InChI=1S/C13H12N2O/c1-2-16-12-8-7-11-13(15-12)9-5-3-4-6-10(9)14-11/h3-8,14H,2H2,1H3. The number of H-pyrrole nitrogens is 1. The van der Waals surface area contributed by atoms with Gasteiger partial charge in [0.1, 0.15) is 0 Å². The second-order valence-corrected chi connectivity index (χ2v) is 3.65. The van der Waals surface area contributed by atoms with Crippen LogP contribution >= 0.6 is 0 Å². The Hall–Kier alpha value is -2.03. The van der Waals surface area contributed by atoms with Gasteiger partial charge in [-0.05, 0) is 19.1 Å². The quantitative estimate of drug-likeness (QED) is 0.708. The Morgan fingerprint density at radius 1 is 1.12 bits per heavy atom. The van der Waals surface area contributed by atoms with Gasteiger partial charge in [-0.3, -0.25) is 0 Å². The van der Waals surface area contributed by atoms with Crippen molar-refractivity contribution in [1.29, 1.82) is 0 Å². The molecule has 3 rings (SSSR count). The van der Waals surface area contributed by atoms with Crippen LogP contribution in [0, 0.1) is 0 Å². The fraction of sp³-hybridized carbons (Fsp3) is 0.154. The van der Waals surface area contributed by atoms with Crippen molar-refractivity contribution < 1.29 is 4.74 Å². The van der Waals surface area contributed by atoms with Crippen molar-refractivity contribution in [1.82, 2.24) is 9.97 Å². The highest BCUT2D eigenvalue weighted by molar-refractivity contribution is 6.04. The molecule has 0 saturated carbocycles. The highest BCUT2D eigenvalue weighted by atomic mass is 16.5. The SMILES string of the molecule is CCOc1ccc2[nH]c3ccccc3c2n1. The lowest BCUT2D eigenvalue weighted by atomic mass is 10.2. The maximum Gasteiger partial charge on any atom is 0.213 e. The first-order valence-corrected chi connectivity index (χ1v) is 5.39. The Balaban J connectivity index is 2.31. The number of para-hydroxylation sites is 1. The first-order chi connectivity index (χ1) is 7.88. The number of nitrogens with one attached hydrogen (secondary N) is 1. The van der Waals surface area contributed by atoms with Crippen LogP contribution in [-0.4, -0.2) is 16.6 Å². The number of ether oxygens (including phenoxy) is 1. The van der Waals surface area contributed by atoms with Crippen molar-refractivity contribution >= 4 is 21.9 Å². The minimum Gasteiger partial charge on any atom is -0.478 e. The fourth-order valence-electron chi connectivity index (χ4n) is 1.92. The largest absolute Gasteiger partial charge is 0.478 e. The number of aromatic nitrogens is 2. The van der Waals surface area contributed by atoms with Crippen LogP contribution in [0.1, 0.15) is 6.92 Å². The van der Waals surface area contributed by atoms with Crippen LogP contribution < -0.4 is 4.74 Å². The molecule has 3 heteroatoms. The zero-order valence-corrected chi connectivity index (χ0v) is 9.03. The van der Waals surface area contributed by atoms with E-state index in [2.05, 4.69) is 22.1 Å². The van der Waals surface area contributed by atoms with Gasteiger partial charge in [0, 0.05) is 17.0 Å². The van der Waals surface area contributed by atoms with E-state index in [-0.39, 0.29) is 0 Å². The van der Waals surface area contributed by atoms with E-state index < -0.39 is 0 Å². The highest BCUT2D eigenvalue weighted by Gasteiger charge is 2.05. The van der Waals surface area contributed by atoms with Gasteiger partial charge in [-0.25, -0.2) is 4.98 Å². The molecule has 0 bridgehead atoms. The topological polar surface area (TPSA) is 37.9 Å². The minimum atomic E-state index is 0.640. The summed E-state index contributed by atoms with van der Waals surface area (Å²) in [6.07, 6.45) is 0. The molecule has 16 heavy (non-hydrogen) atoms. The van der Waals surface area contributed by atoms with E-state index >= 15 is 0 Å². The zero-order valence-electron chi connectivity index (χ0n) is 9.03.